The van der Waals surface area contributed by atoms with Crippen LogP contribution in [0.2, 0.25) is 0 Å². The second kappa shape index (κ2) is 8.94. The number of benzene rings is 2. The summed E-state index contributed by atoms with van der Waals surface area (Å²) in [5, 5.41) is 16.2. The molecule has 0 aliphatic heterocycles. The van der Waals surface area contributed by atoms with Crippen molar-refractivity contribution in [2.24, 2.45) is 0 Å². The fraction of sp³-hybridized carbons (Fsp3) is 0.143. The molecule has 3 rings (SSSR count). The normalized spacial score (nSPS) is 10.5. The second-order valence-corrected chi connectivity index (χ2v) is 6.28. The molecule has 1 heterocycles. The molecular weight excluding hydrogens is 374 g/mol. The van der Waals surface area contributed by atoms with Crippen molar-refractivity contribution in [1.82, 2.24) is 9.78 Å². The Labute approximate surface area is 166 Å². The summed E-state index contributed by atoms with van der Waals surface area (Å²) < 4.78 is 6.08. The van der Waals surface area contributed by atoms with Gasteiger partial charge < -0.3 is 15.2 Å². The molecule has 0 bridgehead atoms. The Kier molecular flexibility index (Phi) is 6.16. The zero-order valence-corrected chi connectivity index (χ0v) is 15.7. The van der Waals surface area contributed by atoms with Crippen LogP contribution in [0.4, 0.5) is 5.69 Å². The van der Waals surface area contributed by atoms with Crippen LogP contribution in [0, 0.1) is 0 Å². The Balaban J connectivity index is 1.86. The van der Waals surface area contributed by atoms with Crippen LogP contribution in [-0.2, 0) is 16.1 Å². The van der Waals surface area contributed by atoms with Gasteiger partial charge in [-0.3, -0.25) is 9.59 Å². The third kappa shape index (κ3) is 5.14. The number of carbonyl (C=O) groups is 2. The largest absolute Gasteiger partial charge is 0.478 e. The van der Waals surface area contributed by atoms with Crippen molar-refractivity contribution in [2.45, 2.75) is 6.54 Å². The summed E-state index contributed by atoms with van der Waals surface area (Å²) in [5.74, 6) is -1.31. The zero-order valence-electron chi connectivity index (χ0n) is 15.7. The topological polar surface area (TPSA) is 111 Å². The van der Waals surface area contributed by atoms with Crippen molar-refractivity contribution in [3.05, 3.63) is 82.1 Å². The molecule has 0 saturated carbocycles. The Morgan fingerprint density at radius 2 is 1.90 bits per heavy atom. The molecule has 0 saturated heterocycles. The Morgan fingerprint density at radius 3 is 2.66 bits per heavy atom. The van der Waals surface area contributed by atoms with Gasteiger partial charge in [0.05, 0.1) is 17.8 Å². The SMILES string of the molecule is COCC(=O)Nc1cccc(Cn2nc(-c3cccc(C(=O)O)c3)ccc2=O)c1. The Bertz CT molecular complexity index is 1110. The van der Waals surface area contributed by atoms with E-state index in [4.69, 9.17) is 9.84 Å². The minimum absolute atomic E-state index is 0.0529. The molecule has 2 aromatic carbocycles. The van der Waals surface area contributed by atoms with E-state index in [9.17, 15) is 14.4 Å². The molecule has 0 aliphatic carbocycles. The predicted octanol–water partition coefficient (Wildman–Crippen LogP) is 2.24. The van der Waals surface area contributed by atoms with Crippen LogP contribution in [0.1, 0.15) is 15.9 Å². The molecule has 29 heavy (non-hydrogen) atoms. The fourth-order valence-electron chi connectivity index (χ4n) is 2.78. The molecule has 0 spiro atoms. The number of ether oxygens (including phenoxy) is 1. The summed E-state index contributed by atoms with van der Waals surface area (Å²) in [6.45, 7) is 0.141. The van der Waals surface area contributed by atoms with Crippen LogP contribution in [0.25, 0.3) is 11.3 Å². The minimum atomic E-state index is -1.03. The Morgan fingerprint density at radius 1 is 1.10 bits per heavy atom. The van der Waals surface area contributed by atoms with E-state index >= 15 is 0 Å². The number of carboxylic acid groups (broad SMARTS) is 1. The minimum Gasteiger partial charge on any atom is -0.478 e. The van der Waals surface area contributed by atoms with Crippen molar-refractivity contribution in [3.8, 4) is 11.3 Å². The lowest BCUT2D eigenvalue weighted by Crippen LogP contribution is -2.23. The first-order chi connectivity index (χ1) is 14.0. The van der Waals surface area contributed by atoms with E-state index in [0.29, 0.717) is 16.9 Å². The summed E-state index contributed by atoms with van der Waals surface area (Å²) in [4.78, 5) is 35.1. The highest BCUT2D eigenvalue weighted by Crippen LogP contribution is 2.18. The number of carbonyl (C=O) groups excluding carboxylic acids is 1. The lowest BCUT2D eigenvalue weighted by atomic mass is 10.1. The van der Waals surface area contributed by atoms with Crippen LogP contribution >= 0.6 is 0 Å². The first kappa shape index (κ1) is 20.0. The quantitative estimate of drug-likeness (QED) is 0.637. The van der Waals surface area contributed by atoms with Gasteiger partial charge in [0.15, 0.2) is 0 Å². The van der Waals surface area contributed by atoms with Crippen molar-refractivity contribution in [3.63, 3.8) is 0 Å². The van der Waals surface area contributed by atoms with E-state index in [1.807, 2.05) is 6.07 Å². The summed E-state index contributed by atoms with van der Waals surface area (Å²) in [5.41, 5.74) is 2.28. The summed E-state index contributed by atoms with van der Waals surface area (Å²) in [6, 6.07) is 16.4. The number of nitrogens with one attached hydrogen (secondary N) is 1. The highest BCUT2D eigenvalue weighted by atomic mass is 16.5. The number of methoxy groups -OCH3 is 1. The molecular formula is C21H19N3O5. The predicted molar refractivity (Wildman–Crippen MR) is 107 cm³/mol. The number of aromatic nitrogens is 2. The number of hydrogen-bond donors (Lipinski definition) is 2. The number of nitrogens with zero attached hydrogens (tertiary/aromatic N) is 2. The second-order valence-electron chi connectivity index (χ2n) is 6.28. The van der Waals surface area contributed by atoms with Crippen LogP contribution in [0.3, 0.4) is 0 Å². The van der Waals surface area contributed by atoms with Gasteiger partial charge in [0.2, 0.25) is 5.91 Å². The molecule has 8 heteroatoms. The standard InChI is InChI=1S/C21H19N3O5/c1-29-13-19(25)22-17-7-2-4-14(10-17)12-24-20(26)9-8-18(23-24)15-5-3-6-16(11-15)21(27)28/h2-11H,12-13H2,1H3,(H,22,25)(H,27,28). The van der Waals surface area contributed by atoms with Crippen molar-refractivity contribution < 1.29 is 19.4 Å². The zero-order chi connectivity index (χ0) is 20.8. The number of aromatic carboxylic acids is 1. The lowest BCUT2D eigenvalue weighted by Gasteiger charge is -2.10. The molecule has 1 aromatic heterocycles. The van der Waals surface area contributed by atoms with Crippen LogP contribution in [0.5, 0.6) is 0 Å². The lowest BCUT2D eigenvalue weighted by molar-refractivity contribution is -0.119. The van der Waals surface area contributed by atoms with Gasteiger partial charge in [-0.05, 0) is 35.9 Å². The third-order valence-corrected chi connectivity index (χ3v) is 4.09. The number of carboxylic acids is 1. The maximum Gasteiger partial charge on any atom is 0.335 e. The van der Waals surface area contributed by atoms with E-state index in [0.717, 1.165) is 5.56 Å². The summed E-state index contributed by atoms with van der Waals surface area (Å²) >= 11 is 0. The van der Waals surface area contributed by atoms with Gasteiger partial charge in [-0.25, -0.2) is 9.48 Å². The van der Waals surface area contributed by atoms with E-state index in [1.165, 1.54) is 30.0 Å². The molecule has 3 aromatic rings. The monoisotopic (exact) mass is 393 g/mol. The fourth-order valence-corrected chi connectivity index (χ4v) is 2.78. The van der Waals surface area contributed by atoms with Gasteiger partial charge >= 0.3 is 5.97 Å². The average Bonchev–Trinajstić information content (AvgIpc) is 2.70. The first-order valence-corrected chi connectivity index (χ1v) is 8.76. The van der Waals surface area contributed by atoms with Crippen molar-refractivity contribution >= 4 is 17.6 Å². The summed E-state index contributed by atoms with van der Waals surface area (Å²) in [6.07, 6.45) is 0. The number of hydrogen-bond acceptors (Lipinski definition) is 5. The van der Waals surface area contributed by atoms with Crippen molar-refractivity contribution in [1.29, 1.82) is 0 Å². The number of amides is 1. The van der Waals surface area contributed by atoms with Crippen LogP contribution in [-0.4, -0.2) is 40.5 Å². The van der Waals surface area contributed by atoms with Gasteiger partial charge in [0.1, 0.15) is 6.61 Å². The molecule has 1 amide bonds. The van der Waals surface area contributed by atoms with Gasteiger partial charge in [0, 0.05) is 24.4 Å². The maximum absolute atomic E-state index is 12.3. The molecule has 0 aliphatic rings. The van der Waals surface area contributed by atoms with Gasteiger partial charge in [-0.1, -0.05) is 24.3 Å². The van der Waals surface area contributed by atoms with E-state index < -0.39 is 5.97 Å². The van der Waals surface area contributed by atoms with E-state index in [-0.39, 0.29) is 30.2 Å². The number of anilines is 1. The molecule has 0 unspecified atom stereocenters. The molecule has 8 nitrogen and oxygen atoms in total. The van der Waals surface area contributed by atoms with Crippen LogP contribution in [0.15, 0.2) is 65.5 Å². The highest BCUT2D eigenvalue weighted by Gasteiger charge is 2.09. The molecule has 2 N–H and O–H groups in total. The summed E-state index contributed by atoms with van der Waals surface area (Å²) in [7, 11) is 1.44. The van der Waals surface area contributed by atoms with Gasteiger partial charge in [-0.15, -0.1) is 0 Å². The highest BCUT2D eigenvalue weighted by molar-refractivity contribution is 5.91. The molecule has 0 radical (unpaired) electrons. The maximum atomic E-state index is 12.3. The molecule has 0 atom stereocenters. The van der Waals surface area contributed by atoms with Gasteiger partial charge in [-0.2, -0.15) is 5.10 Å². The van der Waals surface area contributed by atoms with Gasteiger partial charge in [0.25, 0.3) is 5.56 Å². The average molecular weight is 393 g/mol. The van der Waals surface area contributed by atoms with Crippen LogP contribution < -0.4 is 10.9 Å². The van der Waals surface area contributed by atoms with Crippen molar-refractivity contribution in [2.75, 3.05) is 19.0 Å². The van der Waals surface area contributed by atoms with E-state index in [1.54, 1.807) is 36.4 Å². The smallest absolute Gasteiger partial charge is 0.335 e. The Hall–Kier alpha value is -3.78. The number of rotatable bonds is 7. The first-order valence-electron chi connectivity index (χ1n) is 8.76. The molecule has 0 fully saturated rings. The van der Waals surface area contributed by atoms with E-state index in [2.05, 4.69) is 10.4 Å². The third-order valence-electron chi connectivity index (χ3n) is 4.09. The molecule has 148 valence electrons.